The van der Waals surface area contributed by atoms with Crippen LogP contribution in [0.25, 0.3) is 0 Å². The van der Waals surface area contributed by atoms with Crippen LogP contribution in [0, 0.1) is 17.0 Å². The maximum atomic E-state index is 12.5. The molecule has 0 spiro atoms. The molecule has 2 rings (SSSR count). The van der Waals surface area contributed by atoms with Crippen LogP contribution in [-0.4, -0.2) is 17.9 Å². The van der Waals surface area contributed by atoms with Gasteiger partial charge < -0.3 is 4.90 Å². The minimum absolute atomic E-state index is 0.108. The zero-order valence-electron chi connectivity index (χ0n) is 11.5. The fraction of sp³-hybridized carbons (Fsp3) is 0.133. The van der Waals surface area contributed by atoms with E-state index in [1.54, 1.807) is 13.1 Å². The summed E-state index contributed by atoms with van der Waals surface area (Å²) in [7, 11) is 1.61. The summed E-state index contributed by atoms with van der Waals surface area (Å²) in [6, 6.07) is 11.6. The van der Waals surface area contributed by atoms with Gasteiger partial charge in [0.25, 0.3) is 11.6 Å². The molecule has 0 aliphatic heterocycles. The summed E-state index contributed by atoms with van der Waals surface area (Å²) in [6.45, 7) is 1.88. The van der Waals surface area contributed by atoms with Gasteiger partial charge in [0.1, 0.15) is 5.02 Å². The number of halogens is 1. The van der Waals surface area contributed by atoms with Gasteiger partial charge in [0.15, 0.2) is 0 Å². The maximum absolute atomic E-state index is 12.5. The van der Waals surface area contributed by atoms with Crippen LogP contribution in [-0.2, 0) is 0 Å². The molecule has 0 N–H and O–H groups in total. The number of nitro groups is 1. The van der Waals surface area contributed by atoms with E-state index in [1.165, 1.54) is 23.1 Å². The van der Waals surface area contributed by atoms with Gasteiger partial charge in [-0.1, -0.05) is 35.9 Å². The van der Waals surface area contributed by atoms with E-state index in [9.17, 15) is 14.9 Å². The molecule has 6 heteroatoms. The number of carbonyl (C=O) groups is 1. The lowest BCUT2D eigenvalue weighted by Gasteiger charge is -2.20. The molecule has 21 heavy (non-hydrogen) atoms. The highest BCUT2D eigenvalue weighted by Crippen LogP contribution is 2.30. The molecule has 0 atom stereocenters. The number of hydrogen-bond donors (Lipinski definition) is 0. The number of nitrogens with zero attached hydrogens (tertiary/aromatic N) is 2. The van der Waals surface area contributed by atoms with Gasteiger partial charge in [0.2, 0.25) is 0 Å². The zero-order valence-corrected chi connectivity index (χ0v) is 12.3. The van der Waals surface area contributed by atoms with Crippen LogP contribution in [0.5, 0.6) is 0 Å². The van der Waals surface area contributed by atoms with Gasteiger partial charge in [-0.25, -0.2) is 0 Å². The monoisotopic (exact) mass is 304 g/mol. The summed E-state index contributed by atoms with van der Waals surface area (Å²) in [6.07, 6.45) is 0. The lowest BCUT2D eigenvalue weighted by Crippen LogP contribution is -2.27. The fourth-order valence-electron chi connectivity index (χ4n) is 2.06. The topological polar surface area (TPSA) is 63.5 Å². The van der Waals surface area contributed by atoms with Crippen LogP contribution < -0.4 is 4.90 Å². The van der Waals surface area contributed by atoms with Gasteiger partial charge in [-0.3, -0.25) is 14.9 Å². The first-order valence-electron chi connectivity index (χ1n) is 6.20. The first-order valence-corrected chi connectivity index (χ1v) is 6.58. The quantitative estimate of drug-likeness (QED) is 0.639. The van der Waals surface area contributed by atoms with Crippen LogP contribution in [0.4, 0.5) is 11.4 Å². The molecule has 2 aromatic rings. The van der Waals surface area contributed by atoms with Crippen molar-refractivity contribution in [2.45, 2.75) is 6.92 Å². The van der Waals surface area contributed by atoms with Gasteiger partial charge in [-0.15, -0.1) is 0 Å². The minimum atomic E-state index is -0.604. The number of benzene rings is 2. The smallest absolute Gasteiger partial charge is 0.288 e. The van der Waals surface area contributed by atoms with Gasteiger partial charge >= 0.3 is 0 Å². The van der Waals surface area contributed by atoms with Crippen LogP contribution in [0.15, 0.2) is 42.5 Å². The standard InChI is InChI=1S/C15H13ClN2O3/c1-10-6-3-4-8-12(10)17(2)15(19)11-7-5-9-13(14(11)16)18(20)21/h3-9H,1-2H3. The van der Waals surface area contributed by atoms with Crippen LogP contribution in [0.3, 0.4) is 0 Å². The van der Waals surface area contributed by atoms with Crippen molar-refractivity contribution in [3.8, 4) is 0 Å². The number of para-hydroxylation sites is 1. The molecule has 0 bridgehead atoms. The second-order valence-electron chi connectivity index (χ2n) is 4.55. The number of aryl methyl sites for hydroxylation is 1. The summed E-state index contributed by atoms with van der Waals surface area (Å²) in [5, 5.41) is 10.7. The van der Waals surface area contributed by atoms with E-state index in [-0.39, 0.29) is 16.3 Å². The first-order chi connectivity index (χ1) is 9.93. The Kier molecular flexibility index (Phi) is 4.23. The highest BCUT2D eigenvalue weighted by Gasteiger charge is 2.23. The van der Waals surface area contributed by atoms with Crippen molar-refractivity contribution in [1.29, 1.82) is 0 Å². The van der Waals surface area contributed by atoms with Crippen molar-refractivity contribution >= 4 is 28.9 Å². The molecule has 0 aromatic heterocycles. The predicted molar refractivity (Wildman–Crippen MR) is 82.0 cm³/mol. The molecular weight excluding hydrogens is 292 g/mol. The number of rotatable bonds is 3. The molecule has 0 saturated carbocycles. The number of amides is 1. The lowest BCUT2D eigenvalue weighted by molar-refractivity contribution is -0.384. The third kappa shape index (κ3) is 2.87. The summed E-state index contributed by atoms with van der Waals surface area (Å²) >= 11 is 5.98. The summed E-state index contributed by atoms with van der Waals surface area (Å²) in [5.41, 5.74) is 1.48. The zero-order chi connectivity index (χ0) is 15.6. The van der Waals surface area contributed by atoms with E-state index >= 15 is 0 Å². The van der Waals surface area contributed by atoms with E-state index in [2.05, 4.69) is 0 Å². The van der Waals surface area contributed by atoms with Gasteiger partial charge in [0.05, 0.1) is 10.5 Å². The summed E-state index contributed by atoms with van der Waals surface area (Å²) < 4.78 is 0. The fourth-order valence-corrected chi connectivity index (χ4v) is 2.33. The normalized spacial score (nSPS) is 10.2. The highest BCUT2D eigenvalue weighted by molar-refractivity contribution is 6.36. The van der Waals surface area contributed by atoms with Gasteiger partial charge in [0, 0.05) is 18.8 Å². The third-order valence-corrected chi connectivity index (χ3v) is 3.58. The van der Waals surface area contributed by atoms with Crippen molar-refractivity contribution in [2.75, 3.05) is 11.9 Å². The molecule has 0 unspecified atom stereocenters. The Morgan fingerprint density at radius 2 is 1.86 bits per heavy atom. The average Bonchev–Trinajstić information content (AvgIpc) is 2.46. The first kappa shape index (κ1) is 15.0. The van der Waals surface area contributed by atoms with Crippen LogP contribution in [0.1, 0.15) is 15.9 Å². The molecule has 1 amide bonds. The molecule has 2 aromatic carbocycles. The van der Waals surface area contributed by atoms with Gasteiger partial charge in [-0.05, 0) is 24.6 Å². The van der Waals surface area contributed by atoms with E-state index < -0.39 is 10.8 Å². The number of carbonyl (C=O) groups excluding carboxylic acids is 1. The van der Waals surface area contributed by atoms with E-state index in [0.717, 1.165) is 11.3 Å². The van der Waals surface area contributed by atoms with E-state index in [0.29, 0.717) is 0 Å². The molecule has 0 aliphatic carbocycles. The molecule has 108 valence electrons. The Hall–Kier alpha value is -2.40. The molecule has 0 saturated heterocycles. The number of anilines is 1. The van der Waals surface area contributed by atoms with Gasteiger partial charge in [-0.2, -0.15) is 0 Å². The summed E-state index contributed by atoms with van der Waals surface area (Å²) in [4.78, 5) is 24.2. The molecular formula is C15H13ClN2O3. The molecule has 0 radical (unpaired) electrons. The average molecular weight is 305 g/mol. The van der Waals surface area contributed by atoms with E-state index in [4.69, 9.17) is 11.6 Å². The largest absolute Gasteiger partial charge is 0.311 e. The molecule has 0 aliphatic rings. The van der Waals surface area contributed by atoms with E-state index in [1.807, 2.05) is 25.1 Å². The highest BCUT2D eigenvalue weighted by atomic mass is 35.5. The minimum Gasteiger partial charge on any atom is -0.311 e. The third-order valence-electron chi connectivity index (χ3n) is 3.19. The lowest BCUT2D eigenvalue weighted by atomic mass is 10.1. The number of nitro benzene ring substituents is 1. The van der Waals surface area contributed by atoms with Crippen molar-refractivity contribution < 1.29 is 9.72 Å². The van der Waals surface area contributed by atoms with Crippen molar-refractivity contribution in [3.63, 3.8) is 0 Å². The Bertz CT molecular complexity index is 716. The van der Waals surface area contributed by atoms with Crippen molar-refractivity contribution in [1.82, 2.24) is 0 Å². The second kappa shape index (κ2) is 5.93. The predicted octanol–water partition coefficient (Wildman–Crippen LogP) is 3.83. The molecule has 5 nitrogen and oxygen atoms in total. The second-order valence-corrected chi connectivity index (χ2v) is 4.92. The van der Waals surface area contributed by atoms with Crippen LogP contribution in [0.2, 0.25) is 5.02 Å². The Labute approximate surface area is 126 Å². The Morgan fingerprint density at radius 3 is 2.48 bits per heavy atom. The van der Waals surface area contributed by atoms with Crippen molar-refractivity contribution in [3.05, 3.63) is 68.7 Å². The Morgan fingerprint density at radius 1 is 1.19 bits per heavy atom. The molecule has 0 heterocycles. The molecule has 0 fully saturated rings. The number of hydrogen-bond acceptors (Lipinski definition) is 3. The SMILES string of the molecule is Cc1ccccc1N(C)C(=O)c1cccc([N+](=O)[O-])c1Cl. The Balaban J connectivity index is 2.44. The summed E-state index contributed by atoms with van der Waals surface area (Å²) in [5.74, 6) is -0.391. The maximum Gasteiger partial charge on any atom is 0.288 e. The van der Waals surface area contributed by atoms with Crippen LogP contribution >= 0.6 is 11.6 Å². The van der Waals surface area contributed by atoms with Crippen molar-refractivity contribution in [2.24, 2.45) is 0 Å².